The molecule has 0 amide bonds. The molecule has 1 unspecified atom stereocenters. The highest BCUT2D eigenvalue weighted by atomic mass is 16.6. The summed E-state index contributed by atoms with van der Waals surface area (Å²) in [5.74, 6) is -0.903. The van der Waals surface area contributed by atoms with Crippen LogP contribution in [0, 0.1) is 0 Å². The van der Waals surface area contributed by atoms with Crippen molar-refractivity contribution in [2.75, 3.05) is 13.2 Å². The second-order valence-electron chi connectivity index (χ2n) is 20.6. The maximum Gasteiger partial charge on any atom is 0.306 e. The molecule has 0 radical (unpaired) electrons. The molecular weight excluding hydrogens is 925 g/mol. The van der Waals surface area contributed by atoms with E-state index < -0.39 is 6.10 Å². The maximum atomic E-state index is 12.9. The zero-order chi connectivity index (χ0) is 54.3. The van der Waals surface area contributed by atoms with Crippen LogP contribution in [-0.4, -0.2) is 37.2 Å². The van der Waals surface area contributed by atoms with Crippen molar-refractivity contribution in [1.29, 1.82) is 0 Å². The van der Waals surface area contributed by atoms with Gasteiger partial charge in [0.25, 0.3) is 0 Å². The molecule has 0 saturated carbocycles. The van der Waals surface area contributed by atoms with E-state index in [2.05, 4.69) is 130 Å². The van der Waals surface area contributed by atoms with Crippen molar-refractivity contribution >= 4 is 17.9 Å². The van der Waals surface area contributed by atoms with Crippen molar-refractivity contribution in [2.45, 2.75) is 297 Å². The predicted octanol–water partition coefficient (Wildman–Crippen LogP) is 21.4. The first kappa shape index (κ1) is 71.1. The summed E-state index contributed by atoms with van der Waals surface area (Å²) >= 11 is 0. The fourth-order valence-corrected chi connectivity index (χ4v) is 8.64. The molecule has 6 heteroatoms. The molecule has 6 nitrogen and oxygen atoms in total. The molecule has 0 spiro atoms. The Balaban J connectivity index is 4.40. The second kappa shape index (κ2) is 62.6. The largest absolute Gasteiger partial charge is 0.462 e. The molecule has 0 fully saturated rings. The van der Waals surface area contributed by atoms with Crippen molar-refractivity contribution in [3.63, 3.8) is 0 Å². The zero-order valence-corrected chi connectivity index (χ0v) is 49.0. The summed E-state index contributed by atoms with van der Waals surface area (Å²) in [4.78, 5) is 38.3. The minimum Gasteiger partial charge on any atom is -0.462 e. The Morgan fingerprint density at radius 3 is 0.813 bits per heavy atom. The molecule has 0 aromatic carbocycles. The van der Waals surface area contributed by atoms with E-state index in [1.54, 1.807) is 0 Å². The quantitative estimate of drug-likeness (QED) is 0.0261. The van der Waals surface area contributed by atoms with Gasteiger partial charge in [0.1, 0.15) is 13.2 Å². The van der Waals surface area contributed by atoms with E-state index >= 15 is 0 Å². The average Bonchev–Trinajstić information content (AvgIpc) is 3.41. The molecule has 0 rings (SSSR count). The molecule has 0 N–H and O–H groups in total. The van der Waals surface area contributed by atoms with Crippen molar-refractivity contribution in [3.8, 4) is 0 Å². The minimum absolute atomic E-state index is 0.0856. The van der Waals surface area contributed by atoms with Gasteiger partial charge in [-0.2, -0.15) is 0 Å². The van der Waals surface area contributed by atoms with E-state index in [4.69, 9.17) is 14.2 Å². The van der Waals surface area contributed by atoms with Gasteiger partial charge in [-0.1, -0.05) is 278 Å². The van der Waals surface area contributed by atoms with Gasteiger partial charge >= 0.3 is 17.9 Å². The summed E-state index contributed by atoms with van der Waals surface area (Å²) in [5, 5.41) is 0. The Hall–Kier alpha value is -3.93. The van der Waals surface area contributed by atoms with Crippen LogP contribution in [0.1, 0.15) is 290 Å². The molecule has 0 aromatic heterocycles. The molecule has 0 saturated heterocycles. The van der Waals surface area contributed by atoms with Crippen LogP contribution >= 0.6 is 0 Å². The monoisotopic (exact) mass is 1040 g/mol. The smallest absolute Gasteiger partial charge is 0.306 e. The first-order valence-corrected chi connectivity index (χ1v) is 31.4. The topological polar surface area (TPSA) is 78.9 Å². The van der Waals surface area contributed by atoms with Crippen LogP contribution in [0.2, 0.25) is 0 Å². The van der Waals surface area contributed by atoms with Gasteiger partial charge in [0.05, 0.1) is 0 Å². The Labute approximate surface area is 463 Å². The Kier molecular flexibility index (Phi) is 59.3. The standard InChI is InChI=1S/C69H116O6/c1-4-7-10-13-16-19-22-25-28-30-31-32-33-34-35-36-37-39-41-44-47-50-53-56-59-62-68(71)74-65-66(64-73-67(70)61-58-55-52-49-46-43-40-27-24-21-18-15-12-9-6-3)75-69(72)63-60-57-54-51-48-45-42-38-29-26-23-20-17-14-11-8-5-2/h7-8,10-11,16-17,19-20,25-26,28-29,31-32,34-35,37,39,66H,4-6,9,12-15,18,21-24,27,30,33,36,38,40-65H2,1-3H3/b10-7-,11-8-,19-16-,20-17-,28-25-,29-26-,32-31-,35-34-,39-37-. The number of carbonyl (C=O) groups excluding carboxylic acids is 3. The molecule has 428 valence electrons. The van der Waals surface area contributed by atoms with Crippen LogP contribution < -0.4 is 0 Å². The Bertz CT molecular complexity index is 1520. The Morgan fingerprint density at radius 2 is 0.520 bits per heavy atom. The van der Waals surface area contributed by atoms with Crippen LogP contribution in [0.3, 0.4) is 0 Å². The van der Waals surface area contributed by atoms with Crippen molar-refractivity contribution < 1.29 is 28.6 Å². The summed E-state index contributed by atoms with van der Waals surface area (Å²) in [5.41, 5.74) is 0. The van der Waals surface area contributed by atoms with Crippen LogP contribution in [0.5, 0.6) is 0 Å². The van der Waals surface area contributed by atoms with Crippen molar-refractivity contribution in [2.24, 2.45) is 0 Å². The number of esters is 3. The molecule has 0 aliphatic rings. The summed E-state index contributed by atoms with van der Waals surface area (Å²) in [6, 6.07) is 0. The van der Waals surface area contributed by atoms with Gasteiger partial charge in [-0.25, -0.2) is 0 Å². The van der Waals surface area contributed by atoms with Crippen LogP contribution in [0.25, 0.3) is 0 Å². The number of unbranched alkanes of at least 4 members (excludes halogenated alkanes) is 27. The third-order valence-electron chi connectivity index (χ3n) is 13.3. The highest BCUT2D eigenvalue weighted by Gasteiger charge is 2.19. The van der Waals surface area contributed by atoms with E-state index in [-0.39, 0.29) is 31.1 Å². The van der Waals surface area contributed by atoms with E-state index in [1.807, 2.05) is 0 Å². The molecule has 0 bridgehead atoms. The number of allylic oxidation sites excluding steroid dienone is 18. The summed E-state index contributed by atoms with van der Waals surface area (Å²) < 4.78 is 16.9. The average molecular weight is 1040 g/mol. The molecule has 0 aromatic rings. The second-order valence-corrected chi connectivity index (χ2v) is 20.6. The first-order chi connectivity index (χ1) is 37.0. The Morgan fingerprint density at radius 1 is 0.280 bits per heavy atom. The number of ether oxygens (including phenoxy) is 3. The van der Waals surface area contributed by atoms with Crippen LogP contribution in [-0.2, 0) is 28.6 Å². The maximum absolute atomic E-state index is 12.9. The van der Waals surface area contributed by atoms with Crippen molar-refractivity contribution in [3.05, 3.63) is 109 Å². The SMILES string of the molecule is CC/C=C\C/C=C\C/C=C\C/C=C\C/C=C\C/C=C\CCCCCCCCC(=O)OCC(COC(=O)CCCCCCCCCCCCCCCCC)OC(=O)CCCCCCCCC/C=C\C/C=C\C/C=C\CC. The molecule has 0 aliphatic heterocycles. The van der Waals surface area contributed by atoms with Crippen LogP contribution in [0.4, 0.5) is 0 Å². The predicted molar refractivity (Wildman–Crippen MR) is 325 cm³/mol. The molecule has 1 atom stereocenters. The van der Waals surface area contributed by atoms with E-state index in [0.717, 1.165) is 135 Å². The molecule has 0 heterocycles. The fourth-order valence-electron chi connectivity index (χ4n) is 8.64. The normalized spacial score (nSPS) is 12.8. The van der Waals surface area contributed by atoms with Gasteiger partial charge in [-0.15, -0.1) is 0 Å². The van der Waals surface area contributed by atoms with Gasteiger partial charge in [0, 0.05) is 19.3 Å². The third kappa shape index (κ3) is 60.8. The summed E-state index contributed by atoms with van der Waals surface area (Å²) in [7, 11) is 0. The van der Waals surface area contributed by atoms with E-state index in [9.17, 15) is 14.4 Å². The zero-order valence-electron chi connectivity index (χ0n) is 49.0. The first-order valence-electron chi connectivity index (χ1n) is 31.4. The van der Waals surface area contributed by atoms with E-state index in [0.29, 0.717) is 19.3 Å². The highest BCUT2D eigenvalue weighted by Crippen LogP contribution is 2.16. The van der Waals surface area contributed by atoms with Crippen LogP contribution in [0.15, 0.2) is 109 Å². The van der Waals surface area contributed by atoms with E-state index in [1.165, 1.54) is 116 Å². The lowest BCUT2D eigenvalue weighted by atomic mass is 10.0. The molecule has 0 aliphatic carbocycles. The highest BCUT2D eigenvalue weighted by molar-refractivity contribution is 5.71. The summed E-state index contributed by atoms with van der Waals surface area (Å²) in [6.45, 7) is 6.42. The van der Waals surface area contributed by atoms with Crippen molar-refractivity contribution in [1.82, 2.24) is 0 Å². The number of rotatable bonds is 56. The number of carbonyl (C=O) groups is 3. The van der Waals surface area contributed by atoms with Gasteiger partial charge < -0.3 is 14.2 Å². The lowest BCUT2D eigenvalue weighted by molar-refractivity contribution is -0.167. The molecule has 75 heavy (non-hydrogen) atoms. The molecular formula is C69H116O6. The number of hydrogen-bond acceptors (Lipinski definition) is 6. The van der Waals surface area contributed by atoms with Gasteiger partial charge in [0.2, 0.25) is 0 Å². The fraction of sp³-hybridized carbons (Fsp3) is 0.696. The lowest BCUT2D eigenvalue weighted by Crippen LogP contribution is -2.30. The minimum atomic E-state index is -0.791. The van der Waals surface area contributed by atoms with Gasteiger partial charge in [-0.3, -0.25) is 14.4 Å². The van der Waals surface area contributed by atoms with Gasteiger partial charge in [0.15, 0.2) is 6.10 Å². The number of hydrogen-bond donors (Lipinski definition) is 0. The lowest BCUT2D eigenvalue weighted by Gasteiger charge is -2.18. The summed E-state index contributed by atoms with van der Waals surface area (Å²) in [6.07, 6.45) is 85.1. The van der Waals surface area contributed by atoms with Gasteiger partial charge in [-0.05, 0) is 103 Å². The third-order valence-corrected chi connectivity index (χ3v) is 13.3.